The third-order valence-corrected chi connectivity index (χ3v) is 7.83. The number of hydrogen-bond acceptors (Lipinski definition) is 7. The molecule has 4 atom stereocenters. The highest BCUT2D eigenvalue weighted by atomic mass is 19.4. The van der Waals surface area contributed by atoms with Gasteiger partial charge in [0.05, 0.1) is 18.1 Å². The fourth-order valence-corrected chi connectivity index (χ4v) is 5.98. The first-order valence-electron chi connectivity index (χ1n) is 13.0. The molecule has 0 spiro atoms. The van der Waals surface area contributed by atoms with E-state index in [2.05, 4.69) is 15.3 Å². The SMILES string of the molecule is CCOc1cc(C(=O)Nc2cc(C(F)(F)F)ccn2)ccc1-c1nc([C@H]2C[C@@H]3[C@H](C2)[C@H]3C(=O)O)n2ccnc(N)c12. The van der Waals surface area contributed by atoms with Crippen LogP contribution in [0.25, 0.3) is 16.8 Å². The molecule has 3 aromatic heterocycles. The summed E-state index contributed by atoms with van der Waals surface area (Å²) in [7, 11) is 0. The topological polar surface area (TPSA) is 145 Å². The van der Waals surface area contributed by atoms with Crippen LogP contribution in [0, 0.1) is 17.8 Å². The molecule has 2 aliphatic rings. The molecule has 41 heavy (non-hydrogen) atoms. The van der Waals surface area contributed by atoms with Gasteiger partial charge in [-0.1, -0.05) is 0 Å². The zero-order valence-electron chi connectivity index (χ0n) is 21.7. The van der Waals surface area contributed by atoms with Crippen LogP contribution < -0.4 is 15.8 Å². The fourth-order valence-electron chi connectivity index (χ4n) is 5.98. The van der Waals surface area contributed by atoms with Crippen molar-refractivity contribution < 1.29 is 32.6 Å². The summed E-state index contributed by atoms with van der Waals surface area (Å²) < 4.78 is 47.0. The molecule has 2 fully saturated rings. The highest BCUT2D eigenvalue weighted by Gasteiger charge is 2.60. The number of nitrogen functional groups attached to an aromatic ring is 1. The van der Waals surface area contributed by atoms with Crippen LogP contribution in [0.15, 0.2) is 48.9 Å². The van der Waals surface area contributed by atoms with Gasteiger partial charge in [-0.3, -0.25) is 14.0 Å². The molecule has 1 aromatic carbocycles. The Labute approximate surface area is 231 Å². The Kier molecular flexibility index (Phi) is 6.31. The van der Waals surface area contributed by atoms with E-state index in [9.17, 15) is 27.9 Å². The molecule has 10 nitrogen and oxygen atoms in total. The summed E-state index contributed by atoms with van der Waals surface area (Å²) in [5.74, 6) is -0.322. The van der Waals surface area contributed by atoms with Crippen molar-refractivity contribution >= 4 is 29.0 Å². The van der Waals surface area contributed by atoms with E-state index < -0.39 is 23.6 Å². The molecule has 13 heteroatoms. The third kappa shape index (κ3) is 4.70. The van der Waals surface area contributed by atoms with Gasteiger partial charge in [-0.25, -0.2) is 15.0 Å². The van der Waals surface area contributed by atoms with Gasteiger partial charge in [0, 0.05) is 35.6 Å². The summed E-state index contributed by atoms with van der Waals surface area (Å²) in [6, 6.07) is 6.23. The average molecular weight is 567 g/mol. The normalized spacial score (nSPS) is 21.5. The van der Waals surface area contributed by atoms with E-state index in [1.54, 1.807) is 25.4 Å². The Balaban J connectivity index is 1.34. The van der Waals surface area contributed by atoms with Crippen molar-refractivity contribution in [2.75, 3.05) is 17.7 Å². The van der Waals surface area contributed by atoms with Crippen LogP contribution in [0.5, 0.6) is 5.75 Å². The number of pyridine rings is 1. The smallest absolute Gasteiger partial charge is 0.416 e. The minimum absolute atomic E-state index is 0.0456. The van der Waals surface area contributed by atoms with Gasteiger partial charge >= 0.3 is 12.1 Å². The first-order chi connectivity index (χ1) is 19.6. The van der Waals surface area contributed by atoms with Crippen LogP contribution in [-0.2, 0) is 11.0 Å². The van der Waals surface area contributed by atoms with Crippen molar-refractivity contribution in [2.45, 2.75) is 31.9 Å². The van der Waals surface area contributed by atoms with E-state index in [0.29, 0.717) is 35.4 Å². The maximum atomic E-state index is 13.1. The summed E-state index contributed by atoms with van der Waals surface area (Å²) >= 11 is 0. The molecule has 6 rings (SSSR count). The van der Waals surface area contributed by atoms with E-state index in [1.807, 2.05) is 4.40 Å². The first-order valence-corrected chi connectivity index (χ1v) is 13.0. The number of carboxylic acids is 1. The number of halogens is 3. The predicted molar refractivity (Wildman–Crippen MR) is 141 cm³/mol. The van der Waals surface area contributed by atoms with E-state index in [0.717, 1.165) is 24.2 Å². The number of rotatable bonds is 7. The Hall–Kier alpha value is -4.68. The maximum absolute atomic E-state index is 13.1. The Bertz CT molecular complexity index is 1680. The number of ether oxygens (including phenoxy) is 1. The minimum atomic E-state index is -4.58. The van der Waals surface area contributed by atoms with Gasteiger partial charge in [0.2, 0.25) is 0 Å². The predicted octanol–water partition coefficient (Wildman–Crippen LogP) is 4.87. The molecule has 2 aliphatic carbocycles. The Morgan fingerprint density at radius 3 is 2.59 bits per heavy atom. The second kappa shape index (κ2) is 9.75. The van der Waals surface area contributed by atoms with Gasteiger partial charge in [-0.05, 0) is 61.9 Å². The standard InChI is InChI=1S/C28H25F3N6O4/c1-2-41-19-11-13(26(38)35-20-12-15(5-6-33-20)28(29,30)31)3-4-16(19)22-23-24(32)34-7-8-37(23)25(36-22)14-9-17-18(10-14)21(17)27(39)40/h3-8,11-12,14,17-18,21H,2,9-10H2,1H3,(H2,32,34)(H,39,40)(H,33,35,38)/t14-,17+,18-,21-. The van der Waals surface area contributed by atoms with E-state index >= 15 is 0 Å². The van der Waals surface area contributed by atoms with Crippen LogP contribution >= 0.6 is 0 Å². The maximum Gasteiger partial charge on any atom is 0.416 e. The quantitative estimate of drug-likeness (QED) is 0.287. The molecule has 3 heterocycles. The molecule has 1 amide bonds. The molecule has 0 bridgehead atoms. The highest BCUT2D eigenvalue weighted by molar-refractivity contribution is 6.04. The summed E-state index contributed by atoms with van der Waals surface area (Å²) in [5, 5.41) is 11.8. The second-order valence-electron chi connectivity index (χ2n) is 10.2. The van der Waals surface area contributed by atoms with Crippen LogP contribution in [0.4, 0.5) is 24.8 Å². The van der Waals surface area contributed by atoms with E-state index in [-0.39, 0.29) is 47.5 Å². The molecule has 0 aliphatic heterocycles. The number of nitrogens with two attached hydrogens (primary N) is 1. The van der Waals surface area contributed by atoms with Crippen LogP contribution in [-0.4, -0.2) is 42.9 Å². The molecular formula is C28H25F3N6O4. The lowest BCUT2D eigenvalue weighted by molar-refractivity contribution is -0.139. The second-order valence-corrected chi connectivity index (χ2v) is 10.2. The molecule has 2 saturated carbocycles. The van der Waals surface area contributed by atoms with Crippen molar-refractivity contribution in [3.05, 3.63) is 65.9 Å². The van der Waals surface area contributed by atoms with Gasteiger partial charge in [-0.15, -0.1) is 0 Å². The number of carbonyl (C=O) groups excluding carboxylic acids is 1. The number of nitrogens with one attached hydrogen (secondary N) is 1. The van der Waals surface area contributed by atoms with E-state index in [1.165, 1.54) is 12.1 Å². The summed E-state index contributed by atoms with van der Waals surface area (Å²) in [5.41, 5.74) is 7.11. The van der Waals surface area contributed by atoms with Crippen molar-refractivity contribution in [1.82, 2.24) is 19.4 Å². The third-order valence-electron chi connectivity index (χ3n) is 7.83. The first kappa shape index (κ1) is 26.5. The lowest BCUT2D eigenvalue weighted by Gasteiger charge is -2.12. The van der Waals surface area contributed by atoms with Gasteiger partial charge in [0.25, 0.3) is 5.91 Å². The van der Waals surface area contributed by atoms with Gasteiger partial charge in [0.1, 0.15) is 34.4 Å². The number of imidazole rings is 1. The number of amides is 1. The molecule has 0 radical (unpaired) electrons. The van der Waals surface area contributed by atoms with Gasteiger partial charge in [-0.2, -0.15) is 13.2 Å². The molecule has 212 valence electrons. The molecule has 4 aromatic rings. The number of carboxylic acid groups (broad SMARTS) is 1. The number of hydrogen-bond donors (Lipinski definition) is 3. The van der Waals surface area contributed by atoms with E-state index in [4.69, 9.17) is 15.5 Å². The largest absolute Gasteiger partial charge is 0.493 e. The number of fused-ring (bicyclic) bond motifs is 2. The summed E-state index contributed by atoms with van der Waals surface area (Å²) in [6.07, 6.45) is 1.16. The molecule has 0 unspecified atom stereocenters. The van der Waals surface area contributed by atoms with Gasteiger partial charge in [0.15, 0.2) is 0 Å². The minimum Gasteiger partial charge on any atom is -0.493 e. The van der Waals surface area contributed by atoms with Crippen LogP contribution in [0.3, 0.4) is 0 Å². The van der Waals surface area contributed by atoms with Crippen molar-refractivity contribution in [3.63, 3.8) is 0 Å². The molecule has 0 saturated heterocycles. The number of nitrogens with zero attached hydrogens (tertiary/aromatic N) is 4. The van der Waals surface area contributed by atoms with Crippen molar-refractivity contribution in [2.24, 2.45) is 17.8 Å². The number of benzene rings is 1. The number of aliphatic carboxylic acids is 1. The fraction of sp³-hybridized carbons (Fsp3) is 0.321. The van der Waals surface area contributed by atoms with Crippen LogP contribution in [0.2, 0.25) is 0 Å². The molecular weight excluding hydrogens is 541 g/mol. The lowest BCUT2D eigenvalue weighted by atomic mass is 9.99. The number of carbonyl (C=O) groups is 2. The van der Waals surface area contributed by atoms with Gasteiger partial charge < -0.3 is 20.9 Å². The Morgan fingerprint density at radius 2 is 1.90 bits per heavy atom. The highest BCUT2D eigenvalue weighted by Crippen LogP contribution is 2.62. The van der Waals surface area contributed by atoms with Crippen LogP contribution in [0.1, 0.15) is 47.4 Å². The zero-order valence-corrected chi connectivity index (χ0v) is 21.7. The van der Waals surface area contributed by atoms with Crippen molar-refractivity contribution in [1.29, 1.82) is 0 Å². The number of anilines is 2. The Morgan fingerprint density at radius 1 is 1.15 bits per heavy atom. The average Bonchev–Trinajstić information content (AvgIpc) is 3.24. The van der Waals surface area contributed by atoms with Crippen molar-refractivity contribution in [3.8, 4) is 17.0 Å². The zero-order chi connectivity index (χ0) is 29.1. The summed E-state index contributed by atoms with van der Waals surface area (Å²) in [6.45, 7) is 2.04. The lowest BCUT2D eigenvalue weighted by Crippen LogP contribution is -2.14. The summed E-state index contributed by atoms with van der Waals surface area (Å²) in [4.78, 5) is 37.4. The number of aromatic nitrogens is 4. The monoisotopic (exact) mass is 566 g/mol. The molecule has 4 N–H and O–H groups in total. The number of alkyl halides is 3.